The summed E-state index contributed by atoms with van der Waals surface area (Å²) < 4.78 is 0. The normalized spacial score (nSPS) is 19.4. The largest absolute Gasteiger partial charge is 0.389 e. The fourth-order valence-corrected chi connectivity index (χ4v) is 2.07. The van der Waals surface area contributed by atoms with Crippen LogP contribution in [-0.4, -0.2) is 33.9 Å². The van der Waals surface area contributed by atoms with Crippen molar-refractivity contribution >= 4 is 23.1 Å². The Labute approximate surface area is 106 Å². The minimum atomic E-state index is -0.0103. The van der Waals surface area contributed by atoms with Crippen LogP contribution < -0.4 is 5.73 Å². The van der Waals surface area contributed by atoms with Crippen LogP contribution in [0.25, 0.3) is 0 Å². The van der Waals surface area contributed by atoms with Crippen molar-refractivity contribution in [3.05, 3.63) is 29.6 Å². The smallest absolute Gasteiger partial charge is 0.272 e. The number of carbonyl (C=O) groups excluding carboxylic acids is 1. The molecule has 2 heterocycles. The number of rotatable bonds is 2. The highest BCUT2D eigenvalue weighted by atomic mass is 32.1. The summed E-state index contributed by atoms with van der Waals surface area (Å²) in [6.45, 7) is 3.78. The Balaban J connectivity index is 2.12. The summed E-state index contributed by atoms with van der Waals surface area (Å²) in [5.41, 5.74) is 6.62. The average Bonchev–Trinajstić information content (AvgIpc) is 2.75. The van der Waals surface area contributed by atoms with Crippen molar-refractivity contribution in [2.45, 2.75) is 13.3 Å². The lowest BCUT2D eigenvalue weighted by Crippen LogP contribution is -2.29. The molecule has 1 unspecified atom stereocenters. The highest BCUT2D eigenvalue weighted by molar-refractivity contribution is 7.80. The van der Waals surface area contributed by atoms with Crippen molar-refractivity contribution in [1.29, 1.82) is 0 Å². The molecule has 1 amide bonds. The molecule has 1 aliphatic rings. The number of aromatic nitrogens is 1. The molecule has 0 aliphatic carbocycles. The Morgan fingerprint density at radius 2 is 2.35 bits per heavy atom. The molecule has 2 N–H and O–H groups in total. The van der Waals surface area contributed by atoms with Gasteiger partial charge in [-0.2, -0.15) is 0 Å². The van der Waals surface area contributed by atoms with Crippen LogP contribution in [0, 0.1) is 5.92 Å². The minimum Gasteiger partial charge on any atom is -0.389 e. The summed E-state index contributed by atoms with van der Waals surface area (Å²) in [6, 6.07) is 3.42. The van der Waals surface area contributed by atoms with Crippen LogP contribution in [0.3, 0.4) is 0 Å². The number of hydrogen-bond donors (Lipinski definition) is 1. The standard InChI is InChI=1S/C12H15N3OS/c1-8-4-5-15(7-8)12(16)10-3-2-9(6-14-10)11(13)17/h2-3,6,8H,4-5,7H2,1H3,(H2,13,17). The second kappa shape index (κ2) is 4.79. The average molecular weight is 249 g/mol. The summed E-state index contributed by atoms with van der Waals surface area (Å²) in [5.74, 6) is 0.568. The number of thiocarbonyl (C=S) groups is 1. The first-order valence-electron chi connectivity index (χ1n) is 5.63. The molecule has 0 saturated carbocycles. The summed E-state index contributed by atoms with van der Waals surface area (Å²) >= 11 is 4.84. The van der Waals surface area contributed by atoms with E-state index < -0.39 is 0 Å². The summed E-state index contributed by atoms with van der Waals surface area (Å²) in [5, 5.41) is 0. The number of nitrogens with two attached hydrogens (primary N) is 1. The molecule has 0 spiro atoms. The highest BCUT2D eigenvalue weighted by Gasteiger charge is 2.24. The van der Waals surface area contributed by atoms with Gasteiger partial charge in [-0.05, 0) is 24.5 Å². The van der Waals surface area contributed by atoms with Crippen LogP contribution in [0.2, 0.25) is 0 Å². The van der Waals surface area contributed by atoms with Gasteiger partial charge < -0.3 is 10.6 Å². The highest BCUT2D eigenvalue weighted by Crippen LogP contribution is 2.17. The SMILES string of the molecule is CC1CCN(C(=O)c2ccc(C(N)=S)cn2)C1. The monoisotopic (exact) mass is 249 g/mol. The van der Waals surface area contributed by atoms with Crippen LogP contribution in [0.1, 0.15) is 29.4 Å². The molecular weight excluding hydrogens is 234 g/mol. The lowest BCUT2D eigenvalue weighted by Gasteiger charge is -2.15. The lowest BCUT2D eigenvalue weighted by molar-refractivity contribution is 0.0782. The van der Waals surface area contributed by atoms with Crippen molar-refractivity contribution in [3.8, 4) is 0 Å². The summed E-state index contributed by atoms with van der Waals surface area (Å²) in [4.78, 5) is 18.3. The Morgan fingerprint density at radius 3 is 2.82 bits per heavy atom. The van der Waals surface area contributed by atoms with E-state index in [0.717, 1.165) is 19.5 Å². The van der Waals surface area contributed by atoms with E-state index in [1.807, 2.05) is 4.90 Å². The molecule has 5 heteroatoms. The molecule has 1 fully saturated rings. The topological polar surface area (TPSA) is 59.2 Å². The lowest BCUT2D eigenvalue weighted by atomic mass is 10.2. The first-order chi connectivity index (χ1) is 8.08. The summed E-state index contributed by atoms with van der Waals surface area (Å²) in [6.07, 6.45) is 2.62. The Morgan fingerprint density at radius 1 is 1.59 bits per heavy atom. The molecule has 1 saturated heterocycles. The Hall–Kier alpha value is -1.49. The van der Waals surface area contributed by atoms with Gasteiger partial charge in [-0.15, -0.1) is 0 Å². The first-order valence-corrected chi connectivity index (χ1v) is 6.04. The molecule has 1 atom stereocenters. The zero-order valence-electron chi connectivity index (χ0n) is 9.72. The molecule has 1 aliphatic heterocycles. The first kappa shape index (κ1) is 12.0. The van der Waals surface area contributed by atoms with E-state index in [-0.39, 0.29) is 5.91 Å². The van der Waals surface area contributed by atoms with Crippen molar-refractivity contribution in [1.82, 2.24) is 9.88 Å². The number of hydrogen-bond acceptors (Lipinski definition) is 3. The van der Waals surface area contributed by atoms with E-state index in [1.165, 1.54) is 0 Å². The molecule has 1 aromatic heterocycles. The number of pyridine rings is 1. The molecule has 90 valence electrons. The van der Waals surface area contributed by atoms with Gasteiger partial charge in [0.1, 0.15) is 10.7 Å². The van der Waals surface area contributed by atoms with Gasteiger partial charge in [0.2, 0.25) is 0 Å². The number of amides is 1. The van der Waals surface area contributed by atoms with Crippen molar-refractivity contribution in [2.75, 3.05) is 13.1 Å². The van der Waals surface area contributed by atoms with Crippen LogP contribution in [-0.2, 0) is 0 Å². The third-order valence-corrected chi connectivity index (χ3v) is 3.21. The number of likely N-dealkylation sites (tertiary alicyclic amines) is 1. The molecule has 0 aromatic carbocycles. The number of nitrogens with zero attached hydrogens (tertiary/aromatic N) is 2. The van der Waals surface area contributed by atoms with E-state index in [4.69, 9.17) is 18.0 Å². The zero-order valence-corrected chi connectivity index (χ0v) is 10.5. The molecule has 0 bridgehead atoms. The zero-order chi connectivity index (χ0) is 12.4. The molecule has 2 rings (SSSR count). The van der Waals surface area contributed by atoms with Gasteiger partial charge in [-0.1, -0.05) is 19.1 Å². The van der Waals surface area contributed by atoms with E-state index in [2.05, 4.69) is 11.9 Å². The van der Waals surface area contributed by atoms with Crippen LogP contribution >= 0.6 is 12.2 Å². The maximum Gasteiger partial charge on any atom is 0.272 e. The Kier molecular flexibility index (Phi) is 3.38. The van der Waals surface area contributed by atoms with E-state index >= 15 is 0 Å². The van der Waals surface area contributed by atoms with E-state index in [0.29, 0.717) is 22.2 Å². The second-order valence-electron chi connectivity index (χ2n) is 4.44. The maximum atomic E-state index is 12.1. The maximum absolute atomic E-state index is 12.1. The number of carbonyl (C=O) groups is 1. The molecule has 0 radical (unpaired) electrons. The quantitative estimate of drug-likeness (QED) is 0.800. The summed E-state index contributed by atoms with van der Waals surface area (Å²) in [7, 11) is 0. The van der Waals surface area contributed by atoms with Gasteiger partial charge in [-0.3, -0.25) is 9.78 Å². The third kappa shape index (κ3) is 2.61. The molecule has 4 nitrogen and oxygen atoms in total. The van der Waals surface area contributed by atoms with Gasteiger partial charge in [0.15, 0.2) is 0 Å². The molecular formula is C12H15N3OS. The van der Waals surface area contributed by atoms with Crippen molar-refractivity contribution in [2.24, 2.45) is 11.7 Å². The van der Waals surface area contributed by atoms with Crippen molar-refractivity contribution < 1.29 is 4.79 Å². The van der Waals surface area contributed by atoms with Gasteiger partial charge >= 0.3 is 0 Å². The minimum absolute atomic E-state index is 0.0103. The predicted octanol–water partition coefficient (Wildman–Crippen LogP) is 1.20. The van der Waals surface area contributed by atoms with Crippen LogP contribution in [0.4, 0.5) is 0 Å². The third-order valence-electron chi connectivity index (χ3n) is 2.98. The second-order valence-corrected chi connectivity index (χ2v) is 4.88. The van der Waals surface area contributed by atoms with Crippen molar-refractivity contribution in [3.63, 3.8) is 0 Å². The van der Waals surface area contributed by atoms with Gasteiger partial charge in [0.25, 0.3) is 5.91 Å². The fourth-order valence-electron chi connectivity index (χ4n) is 1.95. The van der Waals surface area contributed by atoms with Gasteiger partial charge in [0.05, 0.1) is 0 Å². The van der Waals surface area contributed by atoms with Crippen LogP contribution in [0.15, 0.2) is 18.3 Å². The van der Waals surface area contributed by atoms with E-state index in [1.54, 1.807) is 18.3 Å². The van der Waals surface area contributed by atoms with E-state index in [9.17, 15) is 4.79 Å². The van der Waals surface area contributed by atoms with Gasteiger partial charge in [0, 0.05) is 24.8 Å². The van der Waals surface area contributed by atoms with Crippen LogP contribution in [0.5, 0.6) is 0 Å². The van der Waals surface area contributed by atoms with Gasteiger partial charge in [-0.25, -0.2) is 0 Å². The molecule has 1 aromatic rings. The fraction of sp³-hybridized carbons (Fsp3) is 0.417. The Bertz CT molecular complexity index is 444. The molecule has 17 heavy (non-hydrogen) atoms. The predicted molar refractivity (Wildman–Crippen MR) is 69.8 cm³/mol.